The Morgan fingerprint density at radius 1 is 0.939 bits per heavy atom. The van der Waals surface area contributed by atoms with Crippen LogP contribution in [0.3, 0.4) is 0 Å². The fraction of sp³-hybridized carbons (Fsp3) is 0.489. The van der Waals surface area contributed by atoms with Gasteiger partial charge in [0.1, 0.15) is 17.0 Å². The maximum Gasteiger partial charge on any atom is 0.501 e. The highest BCUT2D eigenvalue weighted by molar-refractivity contribution is 7.99. The van der Waals surface area contributed by atoms with Crippen molar-refractivity contribution in [3.8, 4) is 0 Å². The molecule has 3 aromatic carbocycles. The molecule has 0 spiro atoms. The van der Waals surface area contributed by atoms with Crippen molar-refractivity contribution in [2.24, 2.45) is 5.41 Å². The number of halogens is 5. The number of nitrogens with one attached hydrogen (secondary N) is 1. The van der Waals surface area contributed by atoms with Gasteiger partial charge < -0.3 is 9.80 Å². The highest BCUT2D eigenvalue weighted by atomic mass is 35.5. The molecule has 1 aliphatic carbocycles. The number of fused-ring (bicyclic) bond motifs is 1. The Morgan fingerprint density at radius 3 is 2.36 bits per heavy atom. The Kier molecular flexibility index (Phi) is 14.2. The molecule has 0 radical (unpaired) electrons. The number of allylic oxidation sites excluding steroid dienone is 1. The molecule has 19 heteroatoms. The van der Waals surface area contributed by atoms with Gasteiger partial charge in [-0.15, -0.1) is 11.8 Å². The van der Waals surface area contributed by atoms with Gasteiger partial charge in [0, 0.05) is 53.5 Å². The first-order valence-electron chi connectivity index (χ1n) is 22.2. The van der Waals surface area contributed by atoms with E-state index in [2.05, 4.69) is 50.5 Å². The Morgan fingerprint density at radius 2 is 1.67 bits per heavy atom. The summed E-state index contributed by atoms with van der Waals surface area (Å²) in [5, 5.41) is 1.26. The number of hydrogen-bond acceptors (Lipinski definition) is 11. The van der Waals surface area contributed by atoms with Crippen molar-refractivity contribution in [3.63, 3.8) is 0 Å². The van der Waals surface area contributed by atoms with Gasteiger partial charge >= 0.3 is 5.51 Å². The van der Waals surface area contributed by atoms with E-state index < -0.39 is 40.7 Å². The molecule has 1 unspecified atom stereocenters. The fourth-order valence-electron chi connectivity index (χ4n) is 9.58. The minimum atomic E-state index is -6.00. The van der Waals surface area contributed by atoms with E-state index in [9.17, 15) is 30.0 Å². The molecule has 1 atom stereocenters. The van der Waals surface area contributed by atoms with Gasteiger partial charge in [-0.2, -0.15) is 13.2 Å². The van der Waals surface area contributed by atoms with Gasteiger partial charge in [-0.05, 0) is 138 Å². The van der Waals surface area contributed by atoms with E-state index in [1.165, 1.54) is 34.8 Å². The van der Waals surface area contributed by atoms with Gasteiger partial charge in [-0.1, -0.05) is 66.9 Å². The largest absolute Gasteiger partial charge is 0.501 e. The number of piperidine rings is 1. The van der Waals surface area contributed by atoms with Crippen LogP contribution in [0.2, 0.25) is 10.0 Å². The van der Waals surface area contributed by atoms with Crippen LogP contribution >= 0.6 is 35.0 Å². The number of anilines is 2. The molecule has 2 fully saturated rings. The quantitative estimate of drug-likeness (QED) is 0.0907. The number of hydrogen-bond donors (Lipinski definition) is 1. The topological polar surface area (TPSA) is 119 Å². The summed E-state index contributed by atoms with van der Waals surface area (Å²) in [4.78, 5) is 16.3. The molecule has 0 bridgehead atoms. The molecule has 0 saturated carbocycles. The van der Waals surface area contributed by atoms with E-state index in [0.29, 0.717) is 66.6 Å². The van der Waals surface area contributed by atoms with Crippen molar-refractivity contribution in [1.29, 1.82) is 0 Å². The summed E-state index contributed by atoms with van der Waals surface area (Å²) in [6.45, 7) is 9.47. The zero-order valence-electron chi connectivity index (χ0n) is 37.5. The van der Waals surface area contributed by atoms with Crippen LogP contribution in [0.1, 0.15) is 69.2 Å². The normalized spacial score (nSPS) is 21.0. The molecule has 11 nitrogen and oxygen atoms in total. The Balaban J connectivity index is 0.967. The van der Waals surface area contributed by atoms with Gasteiger partial charge in [0.05, 0.1) is 26.8 Å². The van der Waals surface area contributed by atoms with Crippen LogP contribution in [0, 0.1) is 5.41 Å². The van der Waals surface area contributed by atoms with Crippen molar-refractivity contribution >= 4 is 71.9 Å². The first-order chi connectivity index (χ1) is 31.1. The minimum absolute atomic E-state index is 0.0180. The fourth-order valence-corrected chi connectivity index (χ4v) is 13.3. The van der Waals surface area contributed by atoms with Crippen LogP contribution in [0.4, 0.5) is 24.7 Å². The molecule has 4 aromatic rings. The third-order valence-electron chi connectivity index (χ3n) is 13.5. The van der Waals surface area contributed by atoms with E-state index in [1.54, 1.807) is 17.0 Å². The molecule has 0 amide bonds. The predicted molar refractivity (Wildman–Crippen MR) is 258 cm³/mol. The lowest BCUT2D eigenvalue weighted by atomic mass is 9.72. The second kappa shape index (κ2) is 19.2. The van der Waals surface area contributed by atoms with E-state index in [-0.39, 0.29) is 23.5 Å². The highest BCUT2D eigenvalue weighted by Gasteiger charge is 2.56. The molecule has 1 N–H and O–H groups in total. The van der Waals surface area contributed by atoms with E-state index in [0.717, 1.165) is 73.8 Å². The maximum absolute atomic E-state index is 14.4. The number of aromatic nitrogens is 2. The number of sulfone groups is 1. The SMILES string of the molecule is CN(C)CCC1(CSc2ccccc2Cl)CN1c1ccc(S(=O)(=O)Nc2ncnc3c2CCN(C2CCN(CC4=C(c5ccc(Cl)cc5)CC(C)(C)CC4)CC2)C3)cc1S(=O)(=O)C(F)(F)F. The minimum Gasteiger partial charge on any atom is -0.360 e. The van der Waals surface area contributed by atoms with Crippen LogP contribution in [0.5, 0.6) is 0 Å². The molecule has 356 valence electrons. The zero-order valence-corrected chi connectivity index (χ0v) is 41.5. The second-order valence-corrected chi connectivity index (χ2v) is 24.5. The summed E-state index contributed by atoms with van der Waals surface area (Å²) in [6, 6.07) is 18.6. The van der Waals surface area contributed by atoms with Crippen LogP contribution in [0.15, 0.2) is 93.3 Å². The van der Waals surface area contributed by atoms with Crippen molar-refractivity contribution in [2.45, 2.75) is 97.1 Å². The second-order valence-electron chi connectivity index (χ2n) is 19.1. The number of thioether (sulfide) groups is 1. The molecule has 66 heavy (non-hydrogen) atoms. The average molecular weight is 1010 g/mol. The summed E-state index contributed by atoms with van der Waals surface area (Å²) in [6.07, 6.45) is 7.43. The lowest BCUT2D eigenvalue weighted by Gasteiger charge is -2.41. The van der Waals surface area contributed by atoms with Gasteiger partial charge in [-0.3, -0.25) is 14.5 Å². The summed E-state index contributed by atoms with van der Waals surface area (Å²) in [7, 11) is -6.88. The number of alkyl halides is 3. The lowest BCUT2D eigenvalue weighted by molar-refractivity contribution is -0.0435. The van der Waals surface area contributed by atoms with Crippen LogP contribution in [0.25, 0.3) is 5.57 Å². The van der Waals surface area contributed by atoms with Gasteiger partial charge in [-0.25, -0.2) is 26.8 Å². The lowest BCUT2D eigenvalue weighted by Crippen LogP contribution is -2.47. The number of rotatable bonds is 15. The third kappa shape index (κ3) is 10.7. The standard InChI is InChI=1S/C47H56Cl2F3N7O4S3/c1-45(2)19-15-33(38(26-45)32-9-11-34(48)12-10-32)27-57-21-16-35(17-22-57)58-23-18-37-40(28-58)53-31-54-44(37)55-66(62,63)36-13-14-41(43(25-36)65(60,61)47(50,51)52)59-29-46(59,20-24-56(3)4)30-64-42-8-6-5-7-39(42)49/h5-14,25,31,35H,15-24,26-30H2,1-4H3,(H,53,54,55). The molecular formula is C47H56Cl2F3N7O4S3. The summed E-state index contributed by atoms with van der Waals surface area (Å²) in [5.41, 5.74) is -0.943. The maximum atomic E-state index is 14.4. The molecule has 1 aromatic heterocycles. The molecule has 3 aliphatic heterocycles. The Bertz CT molecular complexity index is 2700. The number of likely N-dealkylation sites (tertiary alicyclic amines) is 1. The van der Waals surface area contributed by atoms with Gasteiger partial charge in [0.2, 0.25) is 0 Å². The van der Waals surface area contributed by atoms with Crippen molar-refractivity contribution < 1.29 is 30.0 Å². The molecule has 4 heterocycles. The molecule has 2 saturated heterocycles. The number of sulfonamides is 1. The van der Waals surface area contributed by atoms with E-state index in [4.69, 9.17) is 23.2 Å². The van der Waals surface area contributed by atoms with Gasteiger partial charge in [0.25, 0.3) is 19.9 Å². The smallest absolute Gasteiger partial charge is 0.360 e. The molecule has 4 aliphatic rings. The molecule has 8 rings (SSSR count). The third-order valence-corrected chi connectivity index (χ3v) is 18.4. The zero-order chi connectivity index (χ0) is 47.2. The van der Waals surface area contributed by atoms with Gasteiger partial charge in [0.15, 0.2) is 0 Å². The summed E-state index contributed by atoms with van der Waals surface area (Å²) < 4.78 is 100. The van der Waals surface area contributed by atoms with Crippen LogP contribution in [-0.2, 0) is 32.8 Å². The summed E-state index contributed by atoms with van der Waals surface area (Å²) in [5.74, 6) is 0.418. The van der Waals surface area contributed by atoms with Crippen molar-refractivity contribution in [2.75, 3.05) is 68.7 Å². The number of nitrogens with zero attached hydrogens (tertiary/aromatic N) is 6. The van der Waals surface area contributed by atoms with Crippen LogP contribution in [-0.4, -0.2) is 118 Å². The van der Waals surface area contributed by atoms with Crippen LogP contribution < -0.4 is 9.62 Å². The Hall–Kier alpha value is -3.42. The van der Waals surface area contributed by atoms with Crippen molar-refractivity contribution in [3.05, 3.63) is 105 Å². The molecular weight excluding hydrogens is 951 g/mol. The van der Waals surface area contributed by atoms with Crippen molar-refractivity contribution in [1.82, 2.24) is 24.7 Å². The Labute approximate surface area is 401 Å². The number of benzene rings is 3. The summed E-state index contributed by atoms with van der Waals surface area (Å²) >= 11 is 14.1. The highest BCUT2D eigenvalue weighted by Crippen LogP contribution is 2.49. The van der Waals surface area contributed by atoms with E-state index in [1.807, 2.05) is 43.3 Å². The first kappa shape index (κ1) is 49.0. The monoisotopic (exact) mass is 1010 g/mol. The van der Waals surface area contributed by atoms with E-state index >= 15 is 0 Å². The first-order valence-corrected chi connectivity index (χ1v) is 26.9. The average Bonchev–Trinajstić information content (AvgIpc) is 3.99. The predicted octanol–water partition coefficient (Wildman–Crippen LogP) is 9.67.